The lowest BCUT2D eigenvalue weighted by molar-refractivity contribution is -0.129. The Morgan fingerprint density at radius 2 is 2.00 bits per heavy atom. The van der Waals surface area contributed by atoms with Crippen LogP contribution in [0, 0.1) is 20.8 Å². The van der Waals surface area contributed by atoms with Crippen LogP contribution in [-0.2, 0) is 9.53 Å². The van der Waals surface area contributed by atoms with E-state index in [1.165, 1.54) is 0 Å². The van der Waals surface area contributed by atoms with Gasteiger partial charge in [-0.3, -0.25) is 4.40 Å². The molecule has 24 heavy (non-hydrogen) atoms. The summed E-state index contributed by atoms with van der Waals surface area (Å²) in [4.78, 5) is 23.2. The molecule has 0 N–H and O–H groups in total. The number of carbonyl (C=O) groups is 1. The summed E-state index contributed by atoms with van der Waals surface area (Å²) in [7, 11) is 0. The number of carbonyl (C=O) groups excluding carboxylic acids is 1. The van der Waals surface area contributed by atoms with Gasteiger partial charge in [0.15, 0.2) is 10.7 Å². The third kappa shape index (κ3) is 2.35. The van der Waals surface area contributed by atoms with E-state index in [4.69, 9.17) is 4.74 Å². The molecule has 0 radical (unpaired) electrons. The normalized spacial score (nSPS) is 16.0. The molecule has 1 aliphatic heterocycles. The average molecular weight is 337 g/mol. The number of aromatic nitrogens is 2. The Labute approximate surface area is 142 Å². The zero-order valence-electron chi connectivity index (χ0n) is 13.5. The highest BCUT2D eigenvalue weighted by Gasteiger charge is 2.26. The lowest BCUT2D eigenvalue weighted by Crippen LogP contribution is -2.06. The Bertz CT molecular complexity index is 1040. The van der Waals surface area contributed by atoms with Crippen molar-refractivity contribution in [2.24, 2.45) is 4.99 Å². The number of esters is 1. The van der Waals surface area contributed by atoms with Gasteiger partial charge in [-0.2, -0.15) is 0 Å². The van der Waals surface area contributed by atoms with Crippen LogP contribution in [0.1, 0.15) is 27.4 Å². The summed E-state index contributed by atoms with van der Waals surface area (Å²) in [6, 6.07) is 7.71. The number of nitrogens with zero attached hydrogens (tertiary/aromatic N) is 3. The van der Waals surface area contributed by atoms with E-state index in [1.807, 2.05) is 55.6 Å². The summed E-state index contributed by atoms with van der Waals surface area (Å²) < 4.78 is 7.35. The van der Waals surface area contributed by atoms with Crippen molar-refractivity contribution in [3.05, 3.63) is 63.6 Å². The van der Waals surface area contributed by atoms with Gasteiger partial charge in [0.2, 0.25) is 5.90 Å². The Morgan fingerprint density at radius 3 is 2.79 bits per heavy atom. The summed E-state index contributed by atoms with van der Waals surface area (Å²) >= 11 is 1.62. The van der Waals surface area contributed by atoms with E-state index in [-0.39, 0.29) is 0 Å². The van der Waals surface area contributed by atoms with Gasteiger partial charge in [-0.15, -0.1) is 11.3 Å². The van der Waals surface area contributed by atoms with Gasteiger partial charge in [0, 0.05) is 16.6 Å². The highest BCUT2D eigenvalue weighted by Crippen LogP contribution is 2.25. The molecule has 2 aromatic heterocycles. The topological polar surface area (TPSA) is 56.0 Å². The zero-order chi connectivity index (χ0) is 16.8. The number of hydrogen-bond donors (Lipinski definition) is 0. The third-order valence-electron chi connectivity index (χ3n) is 3.93. The first kappa shape index (κ1) is 14.8. The van der Waals surface area contributed by atoms with Gasteiger partial charge in [0.05, 0.1) is 11.4 Å². The number of benzene rings is 1. The van der Waals surface area contributed by atoms with Crippen LogP contribution in [0.4, 0.5) is 0 Å². The first-order valence-electron chi connectivity index (χ1n) is 7.56. The van der Waals surface area contributed by atoms with E-state index in [9.17, 15) is 4.79 Å². The summed E-state index contributed by atoms with van der Waals surface area (Å²) in [6.07, 6.45) is 3.76. The van der Waals surface area contributed by atoms with Crippen molar-refractivity contribution < 1.29 is 9.53 Å². The molecule has 4 rings (SSSR count). The maximum atomic E-state index is 12.2. The number of imidazole rings is 1. The number of aliphatic imine (C=N–C) groups is 1. The highest BCUT2D eigenvalue weighted by molar-refractivity contribution is 7.17. The zero-order valence-corrected chi connectivity index (χ0v) is 14.3. The van der Waals surface area contributed by atoms with Crippen LogP contribution in [0.2, 0.25) is 0 Å². The average Bonchev–Trinajstić information content (AvgIpc) is 3.15. The quantitative estimate of drug-likeness (QED) is 0.530. The summed E-state index contributed by atoms with van der Waals surface area (Å²) in [5.41, 5.74) is 3.86. The van der Waals surface area contributed by atoms with Crippen LogP contribution in [0.15, 0.2) is 41.2 Å². The molecule has 0 spiro atoms. The number of ether oxygens (including phenoxy) is 1. The Balaban J connectivity index is 1.80. The lowest BCUT2D eigenvalue weighted by Gasteiger charge is -2.02. The molecule has 0 fully saturated rings. The minimum absolute atomic E-state index is 0.294. The van der Waals surface area contributed by atoms with Crippen LogP contribution < -0.4 is 0 Å². The highest BCUT2D eigenvalue weighted by atomic mass is 32.1. The fraction of sp³-hybridized carbons (Fsp3) is 0.167. The standard InChI is InChI=1S/C18H15N3O2S/c1-10-6-4-5-7-13(10)16-20-14(17(22)23-16)8-15-12(3)19-18-21(15)9-11(2)24-18/h4-9H,1-3H3/b14-8-. The molecule has 0 saturated heterocycles. The molecule has 5 nitrogen and oxygen atoms in total. The third-order valence-corrected chi connectivity index (χ3v) is 4.83. The monoisotopic (exact) mass is 337 g/mol. The number of cyclic esters (lactones) is 1. The molecular weight excluding hydrogens is 322 g/mol. The fourth-order valence-electron chi connectivity index (χ4n) is 2.72. The van der Waals surface area contributed by atoms with Gasteiger partial charge in [-0.05, 0) is 38.5 Å². The summed E-state index contributed by atoms with van der Waals surface area (Å²) in [5.74, 6) is -0.0844. The SMILES string of the molecule is Cc1cn2c(/C=C3\N=C(c4ccccc4C)OC3=O)c(C)nc2s1. The summed E-state index contributed by atoms with van der Waals surface area (Å²) in [6.45, 7) is 5.92. The maximum absolute atomic E-state index is 12.2. The van der Waals surface area contributed by atoms with Gasteiger partial charge < -0.3 is 4.74 Å². The molecule has 0 bridgehead atoms. The molecule has 6 heteroatoms. The van der Waals surface area contributed by atoms with E-state index in [1.54, 1.807) is 17.4 Å². The van der Waals surface area contributed by atoms with E-state index in [0.717, 1.165) is 32.4 Å². The fourth-order valence-corrected chi connectivity index (χ4v) is 3.60. The number of fused-ring (bicyclic) bond motifs is 1. The second kappa shape index (κ2) is 5.42. The molecule has 3 aromatic rings. The van der Waals surface area contributed by atoms with Gasteiger partial charge in [0.1, 0.15) is 0 Å². The molecule has 0 unspecified atom stereocenters. The van der Waals surface area contributed by atoms with Crippen molar-refractivity contribution in [3.8, 4) is 0 Å². The van der Waals surface area contributed by atoms with Crippen molar-refractivity contribution in [3.63, 3.8) is 0 Å². The number of rotatable bonds is 2. The van der Waals surface area contributed by atoms with Gasteiger partial charge in [0.25, 0.3) is 0 Å². The van der Waals surface area contributed by atoms with Gasteiger partial charge in [-0.25, -0.2) is 14.8 Å². The molecule has 0 saturated carbocycles. The smallest absolute Gasteiger partial charge is 0.363 e. The number of hydrogen-bond acceptors (Lipinski definition) is 5. The molecule has 0 amide bonds. The minimum atomic E-state index is -0.436. The van der Waals surface area contributed by atoms with E-state index >= 15 is 0 Å². The molecule has 120 valence electrons. The first-order valence-corrected chi connectivity index (χ1v) is 8.38. The van der Waals surface area contributed by atoms with Gasteiger partial charge in [-0.1, -0.05) is 18.2 Å². The minimum Gasteiger partial charge on any atom is -0.402 e. The Hall–Kier alpha value is -2.73. The molecule has 1 aliphatic rings. The van der Waals surface area contributed by atoms with E-state index in [0.29, 0.717) is 11.6 Å². The largest absolute Gasteiger partial charge is 0.402 e. The van der Waals surface area contributed by atoms with Crippen LogP contribution in [0.5, 0.6) is 0 Å². The van der Waals surface area contributed by atoms with Gasteiger partial charge >= 0.3 is 5.97 Å². The molecule has 0 atom stereocenters. The second-order valence-electron chi connectivity index (χ2n) is 5.73. The van der Waals surface area contributed by atoms with Crippen LogP contribution >= 0.6 is 11.3 Å². The van der Waals surface area contributed by atoms with Crippen molar-refractivity contribution in [1.29, 1.82) is 0 Å². The molecule has 3 heterocycles. The molecule has 0 aliphatic carbocycles. The van der Waals surface area contributed by atoms with Crippen molar-refractivity contribution in [2.75, 3.05) is 0 Å². The predicted molar refractivity (Wildman–Crippen MR) is 94.3 cm³/mol. The number of thiazole rings is 1. The Kier molecular flexibility index (Phi) is 3.35. The number of aryl methyl sites for hydroxylation is 3. The summed E-state index contributed by atoms with van der Waals surface area (Å²) in [5, 5.41) is 0. The predicted octanol–water partition coefficient (Wildman–Crippen LogP) is 3.67. The molecule has 1 aromatic carbocycles. The Morgan fingerprint density at radius 1 is 1.21 bits per heavy atom. The van der Waals surface area contributed by atoms with Crippen molar-refractivity contribution in [2.45, 2.75) is 20.8 Å². The van der Waals surface area contributed by atoms with Crippen LogP contribution in [-0.4, -0.2) is 21.3 Å². The van der Waals surface area contributed by atoms with Crippen molar-refractivity contribution in [1.82, 2.24) is 9.38 Å². The van der Waals surface area contributed by atoms with Crippen LogP contribution in [0.3, 0.4) is 0 Å². The van der Waals surface area contributed by atoms with E-state index < -0.39 is 5.97 Å². The maximum Gasteiger partial charge on any atom is 0.363 e. The van der Waals surface area contributed by atoms with Crippen molar-refractivity contribution >= 4 is 34.2 Å². The lowest BCUT2D eigenvalue weighted by atomic mass is 10.1. The first-order chi connectivity index (χ1) is 11.5. The molecular formula is C18H15N3O2S. The van der Waals surface area contributed by atoms with E-state index in [2.05, 4.69) is 9.98 Å². The van der Waals surface area contributed by atoms with Crippen LogP contribution in [0.25, 0.3) is 11.0 Å². The second-order valence-corrected chi connectivity index (χ2v) is 6.94.